The number of nitrogens with zero attached hydrogens (tertiary/aromatic N) is 2. The highest BCUT2D eigenvalue weighted by atomic mass is 16.2. The van der Waals surface area contributed by atoms with E-state index in [4.69, 9.17) is 0 Å². The maximum absolute atomic E-state index is 12.3. The standard InChI is InChI=1S/C18H24N2O/c21-18(11-10-16-6-2-1-3-7-16)20-13-5-12-19(14-15-20)17-8-4-9-17/h1-3,6-7,10-11,17H,4-5,8-9,12-15H2/b11-10+. The lowest BCUT2D eigenvalue weighted by Crippen LogP contribution is -2.42. The van der Waals surface area contributed by atoms with E-state index in [1.165, 1.54) is 19.3 Å². The Balaban J connectivity index is 1.54. The third kappa shape index (κ3) is 3.73. The van der Waals surface area contributed by atoms with Crippen molar-refractivity contribution >= 4 is 12.0 Å². The molecule has 21 heavy (non-hydrogen) atoms. The number of hydrogen-bond acceptors (Lipinski definition) is 2. The fourth-order valence-electron chi connectivity index (χ4n) is 3.11. The topological polar surface area (TPSA) is 23.6 Å². The smallest absolute Gasteiger partial charge is 0.246 e. The zero-order valence-corrected chi connectivity index (χ0v) is 12.6. The largest absolute Gasteiger partial charge is 0.338 e. The molecule has 2 fully saturated rings. The molecule has 1 saturated heterocycles. The zero-order chi connectivity index (χ0) is 14.5. The van der Waals surface area contributed by atoms with Crippen molar-refractivity contribution < 1.29 is 4.79 Å². The number of hydrogen-bond donors (Lipinski definition) is 0. The number of carbonyl (C=O) groups is 1. The minimum atomic E-state index is 0.148. The molecule has 3 nitrogen and oxygen atoms in total. The summed E-state index contributed by atoms with van der Waals surface area (Å²) in [5, 5.41) is 0. The molecule has 3 rings (SSSR count). The van der Waals surface area contributed by atoms with Crippen LogP contribution in [0.5, 0.6) is 0 Å². The number of rotatable bonds is 3. The molecule has 112 valence electrons. The molecule has 1 heterocycles. The van der Waals surface area contributed by atoms with Gasteiger partial charge in [0.1, 0.15) is 0 Å². The third-order valence-electron chi connectivity index (χ3n) is 4.65. The summed E-state index contributed by atoms with van der Waals surface area (Å²) in [6, 6.07) is 10.8. The van der Waals surface area contributed by atoms with E-state index in [0.29, 0.717) is 0 Å². The van der Waals surface area contributed by atoms with Gasteiger partial charge < -0.3 is 4.90 Å². The molecular weight excluding hydrogens is 260 g/mol. The molecule has 0 radical (unpaired) electrons. The molecule has 1 aromatic carbocycles. The molecule has 0 atom stereocenters. The predicted molar refractivity (Wildman–Crippen MR) is 85.9 cm³/mol. The maximum atomic E-state index is 12.3. The van der Waals surface area contributed by atoms with Crippen molar-refractivity contribution in [1.29, 1.82) is 0 Å². The molecular formula is C18H24N2O. The first kappa shape index (κ1) is 14.3. The van der Waals surface area contributed by atoms with Crippen LogP contribution in [0, 0.1) is 0 Å². The summed E-state index contributed by atoms with van der Waals surface area (Å²) in [4.78, 5) is 16.9. The van der Waals surface area contributed by atoms with E-state index in [2.05, 4.69) is 4.90 Å². The Bertz CT molecular complexity index is 493. The highest BCUT2D eigenvalue weighted by molar-refractivity contribution is 5.91. The Kier molecular flexibility index (Phi) is 4.71. The van der Waals surface area contributed by atoms with Crippen molar-refractivity contribution in [3.63, 3.8) is 0 Å². The maximum Gasteiger partial charge on any atom is 0.246 e. The van der Waals surface area contributed by atoms with Crippen LogP contribution in [-0.2, 0) is 4.79 Å². The Morgan fingerprint density at radius 1 is 1.00 bits per heavy atom. The molecule has 0 aromatic heterocycles. The van der Waals surface area contributed by atoms with Crippen molar-refractivity contribution in [3.8, 4) is 0 Å². The lowest BCUT2D eigenvalue weighted by atomic mass is 9.91. The SMILES string of the molecule is O=C(/C=C/c1ccccc1)N1CCCN(C2CCC2)CC1. The quantitative estimate of drug-likeness (QED) is 0.797. The minimum absolute atomic E-state index is 0.148. The van der Waals surface area contributed by atoms with E-state index in [9.17, 15) is 4.79 Å². The lowest BCUT2D eigenvalue weighted by molar-refractivity contribution is -0.125. The van der Waals surface area contributed by atoms with Crippen LogP contribution >= 0.6 is 0 Å². The van der Waals surface area contributed by atoms with E-state index in [1.807, 2.05) is 41.3 Å². The van der Waals surface area contributed by atoms with Crippen molar-refractivity contribution in [2.75, 3.05) is 26.2 Å². The fourth-order valence-corrected chi connectivity index (χ4v) is 3.11. The molecule has 1 aliphatic carbocycles. The Labute approximate surface area is 127 Å². The summed E-state index contributed by atoms with van der Waals surface area (Å²) in [6.07, 6.45) is 8.81. The van der Waals surface area contributed by atoms with E-state index in [0.717, 1.165) is 44.2 Å². The van der Waals surface area contributed by atoms with Gasteiger partial charge in [0.25, 0.3) is 0 Å². The third-order valence-corrected chi connectivity index (χ3v) is 4.65. The van der Waals surface area contributed by atoms with Crippen molar-refractivity contribution in [1.82, 2.24) is 9.80 Å². The zero-order valence-electron chi connectivity index (χ0n) is 12.6. The second-order valence-corrected chi connectivity index (χ2v) is 6.04. The Hall–Kier alpha value is -1.61. The van der Waals surface area contributed by atoms with E-state index >= 15 is 0 Å². The molecule has 1 aliphatic heterocycles. The van der Waals surface area contributed by atoms with E-state index < -0.39 is 0 Å². The Morgan fingerprint density at radius 3 is 2.52 bits per heavy atom. The molecule has 1 aromatic rings. The monoisotopic (exact) mass is 284 g/mol. The van der Waals surface area contributed by atoms with Crippen molar-refractivity contribution in [2.24, 2.45) is 0 Å². The molecule has 0 bridgehead atoms. The lowest BCUT2D eigenvalue weighted by Gasteiger charge is -2.36. The summed E-state index contributed by atoms with van der Waals surface area (Å²) in [5.41, 5.74) is 1.08. The van der Waals surface area contributed by atoms with Crippen LogP contribution in [-0.4, -0.2) is 47.9 Å². The van der Waals surface area contributed by atoms with Crippen LogP contribution in [0.2, 0.25) is 0 Å². The van der Waals surface area contributed by atoms with Crippen molar-refractivity contribution in [3.05, 3.63) is 42.0 Å². The second kappa shape index (κ2) is 6.90. The van der Waals surface area contributed by atoms with Crippen molar-refractivity contribution in [2.45, 2.75) is 31.7 Å². The molecule has 2 aliphatic rings. The van der Waals surface area contributed by atoms with Gasteiger partial charge in [0.2, 0.25) is 5.91 Å². The van der Waals surface area contributed by atoms with Gasteiger partial charge in [0, 0.05) is 38.3 Å². The van der Waals surface area contributed by atoms with Gasteiger partial charge in [-0.05, 0) is 30.9 Å². The molecule has 1 amide bonds. The average molecular weight is 284 g/mol. The highest BCUT2D eigenvalue weighted by Gasteiger charge is 2.27. The second-order valence-electron chi connectivity index (χ2n) is 6.04. The fraction of sp³-hybridized carbons (Fsp3) is 0.500. The number of benzene rings is 1. The van der Waals surface area contributed by atoms with Crippen LogP contribution in [0.15, 0.2) is 36.4 Å². The summed E-state index contributed by atoms with van der Waals surface area (Å²) < 4.78 is 0. The van der Waals surface area contributed by atoms with Crippen LogP contribution in [0.3, 0.4) is 0 Å². The normalized spacial score (nSPS) is 21.2. The first-order chi connectivity index (χ1) is 10.3. The highest BCUT2D eigenvalue weighted by Crippen LogP contribution is 2.25. The van der Waals surface area contributed by atoms with Gasteiger partial charge in [-0.15, -0.1) is 0 Å². The van der Waals surface area contributed by atoms with Gasteiger partial charge >= 0.3 is 0 Å². The molecule has 0 N–H and O–H groups in total. The van der Waals surface area contributed by atoms with E-state index in [1.54, 1.807) is 6.08 Å². The minimum Gasteiger partial charge on any atom is -0.338 e. The van der Waals surface area contributed by atoms with Crippen LogP contribution in [0.1, 0.15) is 31.2 Å². The summed E-state index contributed by atoms with van der Waals surface area (Å²) >= 11 is 0. The van der Waals surface area contributed by atoms with Crippen LogP contribution < -0.4 is 0 Å². The van der Waals surface area contributed by atoms with Gasteiger partial charge in [0.15, 0.2) is 0 Å². The molecule has 0 spiro atoms. The summed E-state index contributed by atoms with van der Waals surface area (Å²) in [7, 11) is 0. The first-order valence-corrected chi connectivity index (χ1v) is 8.09. The summed E-state index contributed by atoms with van der Waals surface area (Å²) in [6.45, 7) is 3.95. The van der Waals surface area contributed by atoms with Crippen LogP contribution in [0.25, 0.3) is 6.08 Å². The molecule has 0 unspecified atom stereocenters. The van der Waals surface area contributed by atoms with E-state index in [-0.39, 0.29) is 5.91 Å². The average Bonchev–Trinajstić information content (AvgIpc) is 2.70. The van der Waals surface area contributed by atoms with Gasteiger partial charge in [-0.1, -0.05) is 36.8 Å². The first-order valence-electron chi connectivity index (χ1n) is 8.09. The molecule has 3 heteroatoms. The Morgan fingerprint density at radius 2 is 1.81 bits per heavy atom. The van der Waals surface area contributed by atoms with Gasteiger partial charge in [0.05, 0.1) is 0 Å². The number of carbonyl (C=O) groups excluding carboxylic acids is 1. The van der Waals surface area contributed by atoms with Crippen LogP contribution in [0.4, 0.5) is 0 Å². The molecule has 1 saturated carbocycles. The van der Waals surface area contributed by atoms with Gasteiger partial charge in [-0.3, -0.25) is 9.69 Å². The summed E-state index contributed by atoms with van der Waals surface area (Å²) in [5.74, 6) is 0.148. The van der Waals surface area contributed by atoms with Gasteiger partial charge in [-0.25, -0.2) is 0 Å². The predicted octanol–water partition coefficient (Wildman–Crippen LogP) is 2.79. The number of amides is 1. The van der Waals surface area contributed by atoms with Gasteiger partial charge in [-0.2, -0.15) is 0 Å².